The third-order valence-electron chi connectivity index (χ3n) is 4.49. The van der Waals surface area contributed by atoms with Crippen LogP contribution in [0, 0.1) is 5.92 Å². The molecule has 0 spiro atoms. The molecule has 2 aromatic heterocycles. The van der Waals surface area contributed by atoms with Crippen molar-refractivity contribution in [3.63, 3.8) is 0 Å². The normalized spacial score (nSPS) is 33.4. The Morgan fingerprint density at radius 2 is 2.14 bits per heavy atom. The Hall–Kier alpha value is -1.81. The van der Waals surface area contributed by atoms with Crippen molar-refractivity contribution in [2.24, 2.45) is 5.92 Å². The standard InChI is InChI=1S/C13H19N5O4/c1-6(3-19)13(2)9(21)8(20)12(22-13)18-5-17-7-10(14)15-4-16-11(7)18/h4-6,8-9,12,19-21H,3H2,1-2H3,(H2,14,15,16)/t6-,8?,9?,12?,13-/m0/s1. The van der Waals surface area contributed by atoms with Crippen LogP contribution >= 0.6 is 0 Å². The molecule has 0 saturated carbocycles. The average Bonchev–Trinajstić information content (AvgIpc) is 3.03. The SMILES string of the molecule is C[C@@H](CO)[C@]1(C)OC(n2cnc3c(N)ncnc32)C(O)C1O. The molecule has 0 bridgehead atoms. The zero-order chi connectivity index (χ0) is 16.1. The topological polar surface area (TPSA) is 140 Å². The van der Waals surface area contributed by atoms with Crippen LogP contribution in [0.15, 0.2) is 12.7 Å². The van der Waals surface area contributed by atoms with E-state index in [4.69, 9.17) is 10.5 Å². The van der Waals surface area contributed by atoms with Gasteiger partial charge in [-0.25, -0.2) is 15.0 Å². The van der Waals surface area contributed by atoms with Gasteiger partial charge in [-0.05, 0) is 6.92 Å². The zero-order valence-corrected chi connectivity index (χ0v) is 12.3. The van der Waals surface area contributed by atoms with E-state index in [-0.39, 0.29) is 18.3 Å². The fourth-order valence-electron chi connectivity index (χ4n) is 2.76. The van der Waals surface area contributed by atoms with Gasteiger partial charge in [0.25, 0.3) is 0 Å². The van der Waals surface area contributed by atoms with Gasteiger partial charge in [-0.15, -0.1) is 0 Å². The van der Waals surface area contributed by atoms with E-state index in [1.807, 2.05) is 0 Å². The van der Waals surface area contributed by atoms with Crippen LogP contribution < -0.4 is 5.73 Å². The highest BCUT2D eigenvalue weighted by atomic mass is 16.6. The van der Waals surface area contributed by atoms with Gasteiger partial charge in [0.15, 0.2) is 17.7 Å². The van der Waals surface area contributed by atoms with E-state index in [0.29, 0.717) is 11.2 Å². The number of hydrogen-bond donors (Lipinski definition) is 4. The van der Waals surface area contributed by atoms with Gasteiger partial charge in [-0.2, -0.15) is 0 Å². The second-order valence-electron chi connectivity index (χ2n) is 5.79. The summed E-state index contributed by atoms with van der Waals surface area (Å²) in [6.07, 6.45) is -0.494. The molecule has 0 aromatic carbocycles. The summed E-state index contributed by atoms with van der Waals surface area (Å²) in [5, 5.41) is 30.1. The smallest absolute Gasteiger partial charge is 0.167 e. The van der Waals surface area contributed by atoms with E-state index in [9.17, 15) is 15.3 Å². The second kappa shape index (κ2) is 5.13. The first-order valence-electron chi connectivity index (χ1n) is 6.98. The van der Waals surface area contributed by atoms with E-state index in [2.05, 4.69) is 15.0 Å². The quantitative estimate of drug-likeness (QED) is 0.569. The fraction of sp³-hybridized carbons (Fsp3) is 0.615. The maximum atomic E-state index is 10.4. The van der Waals surface area contributed by atoms with E-state index in [1.165, 1.54) is 17.2 Å². The highest BCUT2D eigenvalue weighted by Gasteiger charge is 2.54. The Labute approximate surface area is 126 Å². The van der Waals surface area contributed by atoms with E-state index >= 15 is 0 Å². The number of aromatic nitrogens is 4. The van der Waals surface area contributed by atoms with Crippen LogP contribution in [0.2, 0.25) is 0 Å². The first-order chi connectivity index (χ1) is 10.4. The first kappa shape index (κ1) is 15.1. The molecule has 1 fully saturated rings. The molecule has 0 radical (unpaired) electrons. The van der Waals surface area contributed by atoms with E-state index in [1.54, 1.807) is 13.8 Å². The number of nitrogens with two attached hydrogens (primary N) is 1. The molecule has 1 saturated heterocycles. The third-order valence-corrected chi connectivity index (χ3v) is 4.49. The van der Waals surface area contributed by atoms with Crippen LogP contribution in [0.5, 0.6) is 0 Å². The van der Waals surface area contributed by atoms with Gasteiger partial charge < -0.3 is 25.8 Å². The summed E-state index contributed by atoms with van der Waals surface area (Å²) >= 11 is 0. The van der Waals surface area contributed by atoms with Crippen molar-refractivity contribution in [2.45, 2.75) is 37.9 Å². The van der Waals surface area contributed by atoms with Crippen molar-refractivity contribution in [1.29, 1.82) is 0 Å². The summed E-state index contributed by atoms with van der Waals surface area (Å²) in [7, 11) is 0. The lowest BCUT2D eigenvalue weighted by Crippen LogP contribution is -2.46. The van der Waals surface area contributed by atoms with E-state index < -0.39 is 24.0 Å². The first-order valence-corrected chi connectivity index (χ1v) is 6.98. The van der Waals surface area contributed by atoms with Crippen LogP contribution in [-0.4, -0.2) is 59.3 Å². The van der Waals surface area contributed by atoms with Crippen LogP contribution in [-0.2, 0) is 4.74 Å². The number of nitrogen functional groups attached to an aromatic ring is 1. The minimum absolute atomic E-state index is 0.174. The van der Waals surface area contributed by atoms with Crippen molar-refractivity contribution in [3.8, 4) is 0 Å². The summed E-state index contributed by atoms with van der Waals surface area (Å²) in [5.74, 6) is -0.139. The predicted octanol–water partition coefficient (Wildman–Crippen LogP) is -0.954. The minimum Gasteiger partial charge on any atom is -0.396 e. The molecule has 0 aliphatic carbocycles. The molecule has 1 aliphatic heterocycles. The lowest BCUT2D eigenvalue weighted by Gasteiger charge is -2.32. The van der Waals surface area contributed by atoms with Crippen LogP contribution in [0.4, 0.5) is 5.82 Å². The van der Waals surface area contributed by atoms with Gasteiger partial charge in [0.05, 0.1) is 6.33 Å². The number of ether oxygens (including phenoxy) is 1. The number of aliphatic hydroxyl groups is 3. The third kappa shape index (κ3) is 1.97. The van der Waals surface area contributed by atoms with Crippen molar-refractivity contribution in [1.82, 2.24) is 19.5 Å². The number of fused-ring (bicyclic) bond motifs is 1. The number of aliphatic hydroxyl groups excluding tert-OH is 3. The highest BCUT2D eigenvalue weighted by Crippen LogP contribution is 2.42. The molecule has 3 heterocycles. The molecule has 5 N–H and O–H groups in total. The summed E-state index contributed by atoms with van der Waals surface area (Å²) in [6, 6.07) is 0. The average molecular weight is 309 g/mol. The number of hydrogen-bond acceptors (Lipinski definition) is 8. The van der Waals surface area contributed by atoms with Crippen LogP contribution in [0.3, 0.4) is 0 Å². The van der Waals surface area contributed by atoms with Crippen molar-refractivity contribution >= 4 is 17.0 Å². The van der Waals surface area contributed by atoms with Gasteiger partial charge in [0, 0.05) is 12.5 Å². The Morgan fingerprint density at radius 1 is 1.41 bits per heavy atom. The predicted molar refractivity (Wildman–Crippen MR) is 76.5 cm³/mol. The van der Waals surface area contributed by atoms with Gasteiger partial charge in [0.1, 0.15) is 29.7 Å². The maximum absolute atomic E-state index is 10.4. The monoisotopic (exact) mass is 309 g/mol. The number of nitrogens with zero attached hydrogens (tertiary/aromatic N) is 4. The largest absolute Gasteiger partial charge is 0.396 e. The molecule has 1 aliphatic rings. The van der Waals surface area contributed by atoms with Gasteiger partial charge >= 0.3 is 0 Å². The lowest BCUT2D eigenvalue weighted by molar-refractivity contribution is -0.129. The molecule has 3 rings (SSSR count). The number of anilines is 1. The molecule has 5 atom stereocenters. The molecule has 2 aromatic rings. The Morgan fingerprint density at radius 3 is 2.82 bits per heavy atom. The summed E-state index contributed by atoms with van der Waals surface area (Å²) in [5.41, 5.74) is 5.46. The highest BCUT2D eigenvalue weighted by molar-refractivity contribution is 5.81. The maximum Gasteiger partial charge on any atom is 0.167 e. The summed E-state index contributed by atoms with van der Waals surface area (Å²) in [6.45, 7) is 3.22. The Kier molecular flexibility index (Phi) is 3.52. The second-order valence-corrected chi connectivity index (χ2v) is 5.79. The van der Waals surface area contributed by atoms with Crippen LogP contribution in [0.25, 0.3) is 11.2 Å². The molecule has 3 unspecified atom stereocenters. The number of imidazole rings is 1. The minimum atomic E-state index is -1.19. The fourth-order valence-corrected chi connectivity index (χ4v) is 2.76. The van der Waals surface area contributed by atoms with E-state index in [0.717, 1.165) is 0 Å². The van der Waals surface area contributed by atoms with Gasteiger partial charge in [-0.3, -0.25) is 4.57 Å². The Balaban J connectivity index is 2.03. The van der Waals surface area contributed by atoms with Gasteiger partial charge in [-0.1, -0.05) is 6.92 Å². The molecule has 0 amide bonds. The number of rotatable bonds is 3. The molecule has 9 nitrogen and oxygen atoms in total. The molecule has 120 valence electrons. The van der Waals surface area contributed by atoms with Crippen molar-refractivity contribution in [2.75, 3.05) is 12.3 Å². The molecule has 22 heavy (non-hydrogen) atoms. The van der Waals surface area contributed by atoms with Crippen LogP contribution in [0.1, 0.15) is 20.1 Å². The zero-order valence-electron chi connectivity index (χ0n) is 12.3. The molecule has 9 heteroatoms. The summed E-state index contributed by atoms with van der Waals surface area (Å²) < 4.78 is 7.39. The van der Waals surface area contributed by atoms with Gasteiger partial charge in [0.2, 0.25) is 0 Å². The Bertz CT molecular complexity index is 692. The molecular weight excluding hydrogens is 290 g/mol. The van der Waals surface area contributed by atoms with Crippen molar-refractivity contribution < 1.29 is 20.1 Å². The lowest BCUT2D eigenvalue weighted by atomic mass is 9.85. The molecular formula is C13H19N5O4. The van der Waals surface area contributed by atoms with Crippen molar-refractivity contribution in [3.05, 3.63) is 12.7 Å². The summed E-state index contributed by atoms with van der Waals surface area (Å²) in [4.78, 5) is 12.1.